The number of ether oxygens (including phenoxy) is 10. The number of aryl methyl sites for hydroxylation is 1. The highest BCUT2D eigenvalue weighted by atomic mass is 16.6. The van der Waals surface area contributed by atoms with Crippen LogP contribution < -0.4 is 32.6 Å². The van der Waals surface area contributed by atoms with Gasteiger partial charge in [0.2, 0.25) is 17.6 Å². The smallest absolute Gasteiger partial charge is 0.329 e. The number of ketones is 3. The van der Waals surface area contributed by atoms with Gasteiger partial charge in [0, 0.05) is 133 Å². The number of aliphatic hydroxyl groups excluding tert-OH is 2. The molecule has 0 spiro atoms. The van der Waals surface area contributed by atoms with E-state index in [2.05, 4.69) is 53.3 Å². The third-order valence-electron chi connectivity index (χ3n) is 26.1. The number of oxazole rings is 1. The molecule has 0 radical (unpaired) electrons. The molecule has 4 aromatic heterocycles. The maximum atomic E-state index is 14.8. The molecule has 36 nitrogen and oxygen atoms in total. The fourth-order valence-electron chi connectivity index (χ4n) is 18.2. The zero-order valence-electron chi connectivity index (χ0n) is 78.5. The van der Waals surface area contributed by atoms with Crippen molar-refractivity contribution in [1.29, 1.82) is 0 Å². The highest BCUT2D eigenvalue weighted by molar-refractivity contribution is 6.39. The first-order chi connectivity index (χ1) is 64.2. The van der Waals surface area contributed by atoms with E-state index < -0.39 is 89.5 Å². The molecule has 3 saturated heterocycles. The number of benzene rings is 2. The number of anilines is 3. The number of Topliss-reactive ketones (excluding diaryl/α,β-unsaturated/α-hetero) is 3. The third kappa shape index (κ3) is 28.8. The molecule has 6 aliphatic rings. The van der Waals surface area contributed by atoms with Crippen molar-refractivity contribution < 1.29 is 95.9 Å². The van der Waals surface area contributed by atoms with E-state index in [1.807, 2.05) is 98.9 Å². The number of methoxy groups -OCH3 is 2. The largest absolute Gasteiger partial charge is 0.460 e. The number of nitrogens with one attached hydrogen (secondary N) is 3. The molecule has 726 valence electrons. The number of hydrazine groups is 2. The van der Waals surface area contributed by atoms with Gasteiger partial charge < -0.3 is 99.1 Å². The van der Waals surface area contributed by atoms with Crippen LogP contribution in [0, 0.1) is 35.5 Å². The normalized spacial score (nSPS) is 26.6. The number of piperidine rings is 1. The summed E-state index contributed by atoms with van der Waals surface area (Å²) in [5, 5.41) is 45.3. The van der Waals surface area contributed by atoms with E-state index >= 15 is 0 Å². The summed E-state index contributed by atoms with van der Waals surface area (Å²) in [5.74, 6) is -8.00. The molecule has 36 heteroatoms. The number of unbranched alkanes of at least 4 members (excludes halogenated alkanes) is 1. The molecule has 9 heterocycles. The van der Waals surface area contributed by atoms with Crippen molar-refractivity contribution >= 4 is 75.0 Å². The number of aliphatic hydroxyl groups is 3. The van der Waals surface area contributed by atoms with Crippen molar-refractivity contribution in [2.75, 3.05) is 149 Å². The molecular formula is C97H138N16O20. The Morgan fingerprint density at radius 3 is 2.21 bits per heavy atom. The molecular weight excluding hydrogens is 1710 g/mol. The number of piperazine rings is 1. The van der Waals surface area contributed by atoms with Crippen molar-refractivity contribution in [2.45, 2.75) is 212 Å². The first-order valence-corrected chi connectivity index (χ1v) is 47.2. The zero-order valence-corrected chi connectivity index (χ0v) is 78.5. The minimum absolute atomic E-state index is 0.0517. The summed E-state index contributed by atoms with van der Waals surface area (Å²) in [7, 11) is 3.24. The Bertz CT molecular complexity index is 4960. The number of amides is 2. The first-order valence-electron chi connectivity index (χ1n) is 47.2. The fourth-order valence-corrected chi connectivity index (χ4v) is 18.2. The third-order valence-corrected chi connectivity index (χ3v) is 26.1. The van der Waals surface area contributed by atoms with Crippen LogP contribution in [0.5, 0.6) is 0 Å². The SMILES string of the molecule is CO[C@H]1C[C@@H]2CC[C@@H](C)[C@@](O)(O2)C(=O)C(=O)N2CCCC[C@H]2C(=O)O[C@H]([C@H](C)C[C@@H]2CC[C@@H](OCc3cccc(-c4cnc(N5CCN(CC6=CN(CCOCCOCCOCCOCCOCCC(=O)NCCCCn7nc(-c8ccc9oc(N)nc9c8)c8c(N)ncnc87)NN6)CC5)nc4)c3)[C@H](OC)C2)CC(=O)[C@H](C)/C=C(\C)[C@@H](O)[C@@H](O)C(=O)[C@H](C)C[C@H](C)/C=C/C=CC=C1C. The Labute approximate surface area is 778 Å². The molecule has 10 N–H and O–H groups in total. The van der Waals surface area contributed by atoms with E-state index in [0.29, 0.717) is 177 Å². The lowest BCUT2D eigenvalue weighted by molar-refractivity contribution is -0.265. The van der Waals surface area contributed by atoms with Crippen LogP contribution in [-0.2, 0) is 89.3 Å². The topological polar surface area (TPSA) is 452 Å². The monoisotopic (exact) mass is 1850 g/mol. The Balaban J connectivity index is 0.520. The van der Waals surface area contributed by atoms with Gasteiger partial charge in [-0.05, 0) is 155 Å². The molecule has 5 aliphatic heterocycles. The number of nitrogen functional groups attached to an aromatic ring is 2. The van der Waals surface area contributed by atoms with Crippen LogP contribution in [0.4, 0.5) is 17.8 Å². The predicted molar refractivity (Wildman–Crippen MR) is 498 cm³/mol. The van der Waals surface area contributed by atoms with Gasteiger partial charge in [-0.2, -0.15) is 10.1 Å². The second-order valence-corrected chi connectivity index (χ2v) is 36.1. The van der Waals surface area contributed by atoms with Gasteiger partial charge in [0.1, 0.15) is 53.5 Å². The minimum atomic E-state index is -2.48. The van der Waals surface area contributed by atoms with Crippen LogP contribution in [0.1, 0.15) is 150 Å². The fraction of sp³-hybridized carbons (Fsp3) is 0.608. The second-order valence-electron chi connectivity index (χ2n) is 36.1. The van der Waals surface area contributed by atoms with Crippen LogP contribution in [0.15, 0.2) is 125 Å². The van der Waals surface area contributed by atoms with Crippen LogP contribution in [0.2, 0.25) is 0 Å². The summed E-state index contributed by atoms with van der Waals surface area (Å²) in [6.45, 7) is 22.6. The van der Waals surface area contributed by atoms with Gasteiger partial charge >= 0.3 is 5.97 Å². The average molecular weight is 1850 g/mol. The number of esters is 1. The molecule has 2 amide bonds. The van der Waals surface area contributed by atoms with Crippen LogP contribution in [0.3, 0.4) is 0 Å². The molecule has 0 unspecified atom stereocenters. The highest BCUT2D eigenvalue weighted by Crippen LogP contribution is 2.40. The standard InChI is InChI=1S/C97H138N16O20/c1-62-18-11-10-12-19-63(2)81(123-8)54-75-26-23-68(7)97(122,133-75)90(119)93(120)112-31-15-13-22-77(112)94(121)131-82(55-78(114)64(3)49-67(6)88(117)89(118)87(116)66(5)48-62)65(4)50-69-24-27-80(83(52-69)124-9)130-60-70-20-17-21-71(51-70)73-56-101-96(102-57-73)110-35-33-109(34-36-110)58-74-59-111(108-106-74)37-39-126-41-43-128-45-47-129-46-44-127-42-40-125-38-29-84(115)100-30-14-16-32-113-92-85(91(98)103-61-104-92)86(107-113)72-25-28-79-76(53-72)105-95(99)132-79/h10-12,17-21,25,28,49,51,53,56-57,59,61-62,64-66,68-69,75,77,80-83,88-89,106,108,117-118,122H,13-16,22-24,26-27,29-48,50,52,54-55,58,60H2,1-9H3,(H2,99,105)(H,100,115)(H2,98,103,104)/b12-10?,18-11+,63-19?,67-49+/t62-,64-,65-,66-,68-,69+,75+,77+,80-,81+,82+,83-,88-,89+,97-/m1/s1. The molecule has 133 heavy (non-hydrogen) atoms. The van der Waals surface area contributed by atoms with Gasteiger partial charge in [0.15, 0.2) is 17.0 Å². The molecule has 12 rings (SSSR count). The Hall–Kier alpha value is -9.90. The van der Waals surface area contributed by atoms with E-state index in [4.69, 9.17) is 78.3 Å². The summed E-state index contributed by atoms with van der Waals surface area (Å²) in [6, 6.07) is 12.5. The summed E-state index contributed by atoms with van der Waals surface area (Å²) in [6.07, 6.45) is 19.1. The van der Waals surface area contributed by atoms with Crippen LogP contribution in [0.25, 0.3) is 44.5 Å². The first kappa shape index (κ1) is 102. The van der Waals surface area contributed by atoms with Gasteiger partial charge in [-0.1, -0.05) is 89.3 Å². The van der Waals surface area contributed by atoms with E-state index in [9.17, 15) is 44.1 Å². The summed E-state index contributed by atoms with van der Waals surface area (Å²) in [4.78, 5) is 113. The number of carbonyl (C=O) groups excluding carboxylic acids is 6. The summed E-state index contributed by atoms with van der Waals surface area (Å²) >= 11 is 0. The number of fused-ring (bicyclic) bond motifs is 5. The Kier molecular flexibility index (Phi) is 38.8. The molecule has 6 aromatic rings. The van der Waals surface area contributed by atoms with Crippen molar-refractivity contribution in [3.8, 4) is 22.4 Å². The van der Waals surface area contributed by atoms with Crippen molar-refractivity contribution in [3.05, 3.63) is 126 Å². The number of cyclic esters (lactones) is 1. The van der Waals surface area contributed by atoms with Crippen molar-refractivity contribution in [2.24, 2.45) is 35.5 Å². The van der Waals surface area contributed by atoms with E-state index in [1.54, 1.807) is 52.7 Å². The zero-order chi connectivity index (χ0) is 94.5. The molecule has 1 saturated carbocycles. The van der Waals surface area contributed by atoms with E-state index in [1.165, 1.54) is 17.3 Å². The average Bonchev–Trinajstić information content (AvgIpc) is 1.70. The number of nitrogens with zero attached hydrogens (tertiary/aromatic N) is 11. The number of carbonyl (C=O) groups is 6. The minimum Gasteiger partial charge on any atom is -0.460 e. The number of allylic oxidation sites excluding steroid dienone is 6. The quantitative estimate of drug-likeness (QED) is 0.00788. The van der Waals surface area contributed by atoms with Crippen LogP contribution in [-0.4, -0.2) is 287 Å². The lowest BCUT2D eigenvalue weighted by atomic mass is 9.78. The highest BCUT2D eigenvalue weighted by Gasteiger charge is 2.53. The summed E-state index contributed by atoms with van der Waals surface area (Å²) in [5.41, 5.74) is 26.7. The number of hydrogen-bond donors (Lipinski definition) is 8. The maximum Gasteiger partial charge on any atom is 0.329 e. The van der Waals surface area contributed by atoms with E-state index in [-0.39, 0.29) is 86.2 Å². The number of aromatic nitrogens is 7. The van der Waals surface area contributed by atoms with Gasteiger partial charge in [0.25, 0.3) is 17.7 Å². The Morgan fingerprint density at radius 2 is 1.47 bits per heavy atom. The van der Waals surface area contributed by atoms with Gasteiger partial charge in [-0.3, -0.25) is 33.9 Å². The Morgan fingerprint density at radius 1 is 0.737 bits per heavy atom. The molecule has 15 atom stereocenters. The lowest BCUT2D eigenvalue weighted by Crippen LogP contribution is -2.61. The predicted octanol–water partition coefficient (Wildman–Crippen LogP) is 8.68. The van der Waals surface area contributed by atoms with Crippen LogP contribution >= 0.6 is 0 Å². The lowest BCUT2D eigenvalue weighted by Gasteiger charge is -2.42. The van der Waals surface area contributed by atoms with Gasteiger partial charge in [-0.25, -0.2) is 29.4 Å². The number of rotatable bonds is 36. The van der Waals surface area contributed by atoms with Crippen molar-refractivity contribution in [3.63, 3.8) is 0 Å². The maximum absolute atomic E-state index is 14.8. The van der Waals surface area contributed by atoms with Gasteiger partial charge in [0.05, 0.1) is 115 Å². The number of nitrogens with two attached hydrogens (primary N) is 2. The van der Waals surface area contributed by atoms with Gasteiger partial charge in [-0.15, -0.1) is 5.53 Å². The molecule has 4 fully saturated rings. The summed E-state index contributed by atoms with van der Waals surface area (Å²) < 4.78 is 67.0. The molecule has 1 aliphatic carbocycles. The molecule has 2 bridgehead atoms. The van der Waals surface area contributed by atoms with Crippen molar-refractivity contribution in [1.82, 2.24) is 65.8 Å². The second kappa shape index (κ2) is 50.6. The van der Waals surface area contributed by atoms with E-state index in [0.717, 1.165) is 85.5 Å². The number of hydrogen-bond acceptors (Lipinski definition) is 33. The molecule has 2 aromatic carbocycles.